The minimum atomic E-state index is -4.31. The van der Waals surface area contributed by atoms with Crippen LogP contribution in [0.15, 0.2) is 6.07 Å². The minimum Gasteiger partial charge on any atom is -0.367 e. The molecule has 1 N–H and O–H groups in total. The van der Waals surface area contributed by atoms with E-state index >= 15 is 0 Å². The third-order valence-electron chi connectivity index (χ3n) is 5.69. The van der Waals surface area contributed by atoms with E-state index in [1.165, 1.54) is 0 Å². The number of halogens is 3. The Labute approximate surface area is 144 Å². The Bertz CT molecular complexity index is 659. The zero-order chi connectivity index (χ0) is 17.8. The lowest BCUT2D eigenvalue weighted by Gasteiger charge is -2.41. The second-order valence-electron chi connectivity index (χ2n) is 7.60. The Morgan fingerprint density at radius 2 is 1.92 bits per heavy atom. The van der Waals surface area contributed by atoms with Crippen LogP contribution in [0.3, 0.4) is 0 Å². The molecule has 2 aliphatic heterocycles. The fourth-order valence-electron chi connectivity index (χ4n) is 4.14. The highest BCUT2D eigenvalue weighted by molar-refractivity contribution is 5.81. The highest BCUT2D eigenvalue weighted by atomic mass is 19.4. The predicted molar refractivity (Wildman–Crippen MR) is 86.1 cm³/mol. The topological polar surface area (TPSA) is 50.2 Å². The van der Waals surface area contributed by atoms with Crippen molar-refractivity contribution in [2.75, 3.05) is 18.4 Å². The van der Waals surface area contributed by atoms with Crippen molar-refractivity contribution in [2.45, 2.75) is 57.3 Å². The molecule has 1 aliphatic carbocycles. The average Bonchev–Trinajstić information content (AvgIpc) is 3.33. The number of anilines is 1. The molecule has 138 valence electrons. The molecule has 0 unspecified atom stereocenters. The van der Waals surface area contributed by atoms with Gasteiger partial charge in [0.1, 0.15) is 5.82 Å². The molecule has 1 aromatic heterocycles. The molecule has 3 aliphatic rings. The number of piperidine rings is 1. The lowest BCUT2D eigenvalue weighted by Crippen LogP contribution is -2.47. The van der Waals surface area contributed by atoms with Gasteiger partial charge >= 0.3 is 6.18 Å². The highest BCUT2D eigenvalue weighted by Gasteiger charge is 2.48. The monoisotopic (exact) mass is 356 g/mol. The van der Waals surface area contributed by atoms with Crippen molar-refractivity contribution in [2.24, 2.45) is 11.8 Å². The zero-order valence-corrected chi connectivity index (χ0v) is 14.2. The van der Waals surface area contributed by atoms with Gasteiger partial charge in [-0.1, -0.05) is 0 Å². The van der Waals surface area contributed by atoms with Crippen LogP contribution in [0.4, 0.5) is 19.0 Å². The first kappa shape index (κ1) is 16.7. The number of alkyl halides is 3. The fraction of sp³-hybridized carbons (Fsp3) is 0.765. The first-order valence-electron chi connectivity index (χ1n) is 9.01. The molecule has 1 aromatic rings. The summed E-state index contributed by atoms with van der Waals surface area (Å²) in [5.41, 5.74) is 0.585. The number of hydrogen-bond donors (Lipinski definition) is 1. The van der Waals surface area contributed by atoms with Crippen molar-refractivity contribution >= 4 is 11.7 Å². The normalized spacial score (nSPS) is 27.8. The van der Waals surface area contributed by atoms with Crippen LogP contribution in [0.25, 0.3) is 0 Å². The summed E-state index contributed by atoms with van der Waals surface area (Å²) in [6.07, 6.45) is -0.824. The summed E-state index contributed by atoms with van der Waals surface area (Å²) in [6, 6.07) is -0.126. The van der Waals surface area contributed by atoms with E-state index in [1.54, 1.807) is 13.0 Å². The van der Waals surface area contributed by atoms with Crippen molar-refractivity contribution < 1.29 is 18.0 Å². The Hall–Kier alpha value is -1.73. The van der Waals surface area contributed by atoms with Crippen LogP contribution >= 0.6 is 0 Å². The van der Waals surface area contributed by atoms with Crippen molar-refractivity contribution in [1.82, 2.24) is 14.7 Å². The third kappa shape index (κ3) is 3.22. The number of amides is 1. The van der Waals surface area contributed by atoms with Gasteiger partial charge in [-0.25, -0.2) is 4.68 Å². The highest BCUT2D eigenvalue weighted by Crippen LogP contribution is 2.42. The van der Waals surface area contributed by atoms with Gasteiger partial charge in [0.15, 0.2) is 6.04 Å². The van der Waals surface area contributed by atoms with Gasteiger partial charge in [0.05, 0.1) is 5.69 Å². The number of nitrogens with zero attached hydrogens (tertiary/aromatic N) is 3. The second kappa shape index (κ2) is 5.92. The Morgan fingerprint density at radius 1 is 1.24 bits per heavy atom. The standard InChI is InChI=1S/C17H23F3N4O/c1-10-8-15-21-13(9-14(17(18,19)20)24(15)22-10)11-4-6-23(7-5-11)16(25)12-2-3-12/h8,11-14,21H,2-7,9H2,1H3/t13-,14+/m0/s1. The van der Waals surface area contributed by atoms with Gasteiger partial charge in [0.2, 0.25) is 5.91 Å². The van der Waals surface area contributed by atoms with Crippen LogP contribution in [-0.4, -0.2) is 45.9 Å². The average molecular weight is 356 g/mol. The van der Waals surface area contributed by atoms with Gasteiger partial charge < -0.3 is 10.2 Å². The molecular formula is C17H23F3N4O. The van der Waals surface area contributed by atoms with E-state index in [0.29, 0.717) is 24.6 Å². The Morgan fingerprint density at radius 3 is 2.52 bits per heavy atom. The van der Waals surface area contributed by atoms with E-state index < -0.39 is 12.2 Å². The molecule has 0 aromatic carbocycles. The molecule has 1 saturated carbocycles. The van der Waals surface area contributed by atoms with Crippen molar-refractivity contribution in [1.29, 1.82) is 0 Å². The fourth-order valence-corrected chi connectivity index (χ4v) is 4.14. The van der Waals surface area contributed by atoms with Gasteiger partial charge in [-0.15, -0.1) is 0 Å². The molecule has 0 radical (unpaired) electrons. The number of aromatic nitrogens is 2. The largest absolute Gasteiger partial charge is 0.410 e. The van der Waals surface area contributed by atoms with Crippen LogP contribution in [0.5, 0.6) is 0 Å². The lowest BCUT2D eigenvalue weighted by molar-refractivity contribution is -0.174. The summed E-state index contributed by atoms with van der Waals surface area (Å²) in [5, 5.41) is 7.29. The Kier molecular flexibility index (Phi) is 3.96. The van der Waals surface area contributed by atoms with Crippen molar-refractivity contribution in [3.63, 3.8) is 0 Å². The molecule has 8 heteroatoms. The quantitative estimate of drug-likeness (QED) is 0.886. The summed E-state index contributed by atoms with van der Waals surface area (Å²) in [7, 11) is 0. The van der Waals surface area contributed by atoms with Crippen LogP contribution in [-0.2, 0) is 4.79 Å². The van der Waals surface area contributed by atoms with E-state index in [4.69, 9.17) is 0 Å². The molecular weight excluding hydrogens is 333 g/mol. The molecule has 0 spiro atoms. The summed E-state index contributed by atoms with van der Waals surface area (Å²) in [6.45, 7) is 3.03. The van der Waals surface area contributed by atoms with Crippen LogP contribution < -0.4 is 5.32 Å². The van der Waals surface area contributed by atoms with E-state index in [-0.39, 0.29) is 30.2 Å². The van der Waals surface area contributed by atoms with Crippen LogP contribution in [0.1, 0.15) is 43.8 Å². The SMILES string of the molecule is Cc1cc2n(n1)[C@@H](C(F)(F)F)C[C@@H](C1CCN(C(=O)C3CC3)CC1)N2. The van der Waals surface area contributed by atoms with Gasteiger partial charge in [0.25, 0.3) is 0 Å². The number of hydrogen-bond acceptors (Lipinski definition) is 3. The number of fused-ring (bicyclic) bond motifs is 1. The molecule has 5 nitrogen and oxygen atoms in total. The number of carbonyl (C=O) groups is 1. The first-order valence-corrected chi connectivity index (χ1v) is 9.01. The molecule has 2 fully saturated rings. The van der Waals surface area contributed by atoms with Crippen molar-refractivity contribution in [3.05, 3.63) is 11.8 Å². The molecule has 3 heterocycles. The molecule has 1 saturated heterocycles. The number of aryl methyl sites for hydroxylation is 1. The molecule has 25 heavy (non-hydrogen) atoms. The maximum atomic E-state index is 13.5. The molecule has 1 amide bonds. The van der Waals surface area contributed by atoms with Crippen molar-refractivity contribution in [3.8, 4) is 0 Å². The third-order valence-corrected chi connectivity index (χ3v) is 5.69. The maximum absolute atomic E-state index is 13.5. The number of rotatable bonds is 2. The lowest BCUT2D eigenvalue weighted by atomic mass is 9.84. The van der Waals surface area contributed by atoms with Crippen LogP contribution in [0, 0.1) is 18.8 Å². The molecule has 4 rings (SSSR count). The van der Waals surface area contributed by atoms with Gasteiger partial charge in [-0.2, -0.15) is 18.3 Å². The summed E-state index contributed by atoms with van der Waals surface area (Å²) in [5.74, 6) is 1.04. The number of likely N-dealkylation sites (tertiary alicyclic amines) is 1. The predicted octanol–water partition coefficient (Wildman–Crippen LogP) is 3.13. The summed E-state index contributed by atoms with van der Waals surface area (Å²) in [4.78, 5) is 14.0. The maximum Gasteiger partial charge on any atom is 0.410 e. The van der Waals surface area contributed by atoms with E-state index in [1.807, 2.05) is 4.90 Å². The van der Waals surface area contributed by atoms with Gasteiger partial charge in [-0.05, 0) is 44.9 Å². The number of carbonyl (C=O) groups excluding carboxylic acids is 1. The summed E-state index contributed by atoms with van der Waals surface area (Å²) >= 11 is 0. The zero-order valence-electron chi connectivity index (χ0n) is 14.2. The minimum absolute atomic E-state index is 0.00113. The molecule has 2 atom stereocenters. The molecule has 0 bridgehead atoms. The smallest absolute Gasteiger partial charge is 0.367 e. The van der Waals surface area contributed by atoms with Gasteiger partial charge in [0, 0.05) is 31.1 Å². The summed E-state index contributed by atoms with van der Waals surface area (Å²) < 4.78 is 41.6. The van der Waals surface area contributed by atoms with Crippen LogP contribution in [0.2, 0.25) is 0 Å². The number of nitrogens with one attached hydrogen (secondary N) is 1. The van der Waals surface area contributed by atoms with E-state index in [9.17, 15) is 18.0 Å². The first-order chi connectivity index (χ1) is 11.8. The van der Waals surface area contributed by atoms with E-state index in [2.05, 4.69) is 10.4 Å². The Balaban J connectivity index is 1.46. The second-order valence-corrected chi connectivity index (χ2v) is 7.60. The van der Waals surface area contributed by atoms with E-state index in [0.717, 1.165) is 30.4 Å². The van der Waals surface area contributed by atoms with Gasteiger partial charge in [-0.3, -0.25) is 4.79 Å².